The largest absolute Gasteiger partial charge is 0.338 e. The Kier molecular flexibility index (Phi) is 7.17. The van der Waals surface area contributed by atoms with E-state index in [1.165, 1.54) is 24.3 Å². The lowest BCUT2D eigenvalue weighted by Crippen LogP contribution is -2.44. The number of likely N-dealkylation sites (tertiary alicyclic amines) is 1. The van der Waals surface area contributed by atoms with Crippen LogP contribution in [0, 0.1) is 5.82 Å². The monoisotopic (exact) mass is 460 g/mol. The van der Waals surface area contributed by atoms with Crippen molar-refractivity contribution >= 4 is 23.5 Å². The van der Waals surface area contributed by atoms with Gasteiger partial charge in [-0.1, -0.05) is 48.5 Å². The van der Waals surface area contributed by atoms with E-state index in [1.54, 1.807) is 41.3 Å². The summed E-state index contributed by atoms with van der Waals surface area (Å²) in [4.78, 5) is 40.2. The number of nitrogens with one attached hydrogen (secondary N) is 3. The van der Waals surface area contributed by atoms with Gasteiger partial charge in [0.2, 0.25) is 5.91 Å². The topological polar surface area (TPSA) is 90.5 Å². The van der Waals surface area contributed by atoms with Crippen molar-refractivity contribution in [1.29, 1.82) is 0 Å². The zero-order valence-electron chi connectivity index (χ0n) is 18.4. The van der Waals surface area contributed by atoms with E-state index >= 15 is 0 Å². The molecule has 4 rings (SSSR count). The Morgan fingerprint density at radius 2 is 1.53 bits per heavy atom. The Bertz CT molecular complexity index is 1140. The van der Waals surface area contributed by atoms with Gasteiger partial charge in [-0.25, -0.2) is 9.18 Å². The van der Waals surface area contributed by atoms with Gasteiger partial charge in [0.05, 0.1) is 0 Å². The number of anilines is 1. The predicted octanol–water partition coefficient (Wildman–Crippen LogP) is 3.72. The lowest BCUT2D eigenvalue weighted by Gasteiger charge is -2.25. The van der Waals surface area contributed by atoms with Crippen LogP contribution in [0.15, 0.2) is 84.9 Å². The molecule has 1 aliphatic heterocycles. The van der Waals surface area contributed by atoms with Crippen LogP contribution < -0.4 is 16.0 Å². The van der Waals surface area contributed by atoms with E-state index in [-0.39, 0.29) is 23.7 Å². The van der Waals surface area contributed by atoms with Crippen molar-refractivity contribution in [2.45, 2.75) is 18.5 Å². The summed E-state index contributed by atoms with van der Waals surface area (Å²) in [6.07, 6.45) is 0.580. The van der Waals surface area contributed by atoms with E-state index in [9.17, 15) is 18.8 Å². The zero-order valence-corrected chi connectivity index (χ0v) is 18.4. The van der Waals surface area contributed by atoms with Crippen LogP contribution in [0.1, 0.15) is 28.4 Å². The Morgan fingerprint density at radius 1 is 0.882 bits per heavy atom. The molecular weight excluding hydrogens is 435 g/mol. The lowest BCUT2D eigenvalue weighted by atomic mass is 10.0. The van der Waals surface area contributed by atoms with Crippen LogP contribution in [0.3, 0.4) is 0 Å². The second-order valence-electron chi connectivity index (χ2n) is 8.06. The highest BCUT2D eigenvalue weighted by atomic mass is 19.1. The van der Waals surface area contributed by atoms with E-state index in [4.69, 9.17) is 0 Å². The summed E-state index contributed by atoms with van der Waals surface area (Å²) in [7, 11) is 0. The number of carbonyl (C=O) groups excluding carboxylic acids is 3. The first-order valence-electron chi connectivity index (χ1n) is 11.0. The van der Waals surface area contributed by atoms with Crippen molar-refractivity contribution in [3.63, 3.8) is 0 Å². The van der Waals surface area contributed by atoms with Gasteiger partial charge in [0.1, 0.15) is 11.9 Å². The van der Waals surface area contributed by atoms with Crippen molar-refractivity contribution in [3.05, 3.63) is 102 Å². The molecule has 4 amide bonds. The molecule has 8 heteroatoms. The first-order chi connectivity index (χ1) is 16.5. The molecule has 1 heterocycles. The third-order valence-electron chi connectivity index (χ3n) is 5.63. The third kappa shape index (κ3) is 5.78. The van der Waals surface area contributed by atoms with Crippen molar-refractivity contribution in [3.8, 4) is 0 Å². The van der Waals surface area contributed by atoms with E-state index in [0.29, 0.717) is 36.3 Å². The summed E-state index contributed by atoms with van der Waals surface area (Å²) in [5.74, 6) is -0.961. The molecule has 2 unspecified atom stereocenters. The minimum atomic E-state index is -0.847. The van der Waals surface area contributed by atoms with Gasteiger partial charge in [0.25, 0.3) is 5.91 Å². The highest BCUT2D eigenvalue weighted by molar-refractivity contribution is 5.98. The Balaban J connectivity index is 1.40. The summed E-state index contributed by atoms with van der Waals surface area (Å²) in [6, 6.07) is 21.8. The Hall–Kier alpha value is -4.20. The van der Waals surface area contributed by atoms with Gasteiger partial charge < -0.3 is 20.9 Å². The van der Waals surface area contributed by atoms with Crippen molar-refractivity contribution in [2.75, 3.05) is 18.4 Å². The molecule has 0 aliphatic carbocycles. The lowest BCUT2D eigenvalue weighted by molar-refractivity contribution is -0.132. The second-order valence-corrected chi connectivity index (χ2v) is 8.06. The van der Waals surface area contributed by atoms with E-state index < -0.39 is 12.1 Å². The van der Waals surface area contributed by atoms with Crippen LogP contribution in [-0.2, 0) is 4.79 Å². The van der Waals surface area contributed by atoms with Crippen LogP contribution >= 0.6 is 0 Å². The quantitative estimate of drug-likeness (QED) is 0.524. The smallest absolute Gasteiger partial charge is 0.319 e. The summed E-state index contributed by atoms with van der Waals surface area (Å²) in [5.41, 5.74) is 1.62. The maximum absolute atomic E-state index is 13.4. The molecule has 3 aromatic rings. The maximum atomic E-state index is 13.4. The number of carbonyl (C=O) groups is 3. The van der Waals surface area contributed by atoms with Crippen LogP contribution in [-0.4, -0.2) is 41.9 Å². The molecule has 7 nitrogen and oxygen atoms in total. The van der Waals surface area contributed by atoms with Crippen LogP contribution in [0.25, 0.3) is 0 Å². The van der Waals surface area contributed by atoms with Gasteiger partial charge in [-0.2, -0.15) is 0 Å². The van der Waals surface area contributed by atoms with Gasteiger partial charge in [-0.15, -0.1) is 0 Å². The molecular formula is C26H25FN4O3. The van der Waals surface area contributed by atoms with Gasteiger partial charge in [-0.05, 0) is 48.4 Å². The molecule has 0 spiro atoms. The number of nitrogens with zero attached hydrogens (tertiary/aromatic N) is 1. The molecule has 0 saturated carbocycles. The SMILES string of the molecule is O=C(Nc1ccc(F)cc1)NC1CCN(C(=O)C(NC(=O)c2ccccc2)c2ccccc2)C1. The highest BCUT2D eigenvalue weighted by Gasteiger charge is 2.33. The molecule has 2 atom stereocenters. The molecule has 3 N–H and O–H groups in total. The van der Waals surface area contributed by atoms with E-state index in [1.807, 2.05) is 24.3 Å². The summed E-state index contributed by atoms with van der Waals surface area (Å²) in [5, 5.41) is 8.36. The highest BCUT2D eigenvalue weighted by Crippen LogP contribution is 2.20. The minimum Gasteiger partial charge on any atom is -0.338 e. The Morgan fingerprint density at radius 3 is 2.21 bits per heavy atom. The second kappa shape index (κ2) is 10.6. The molecule has 1 saturated heterocycles. The van der Waals surface area contributed by atoms with Crippen molar-refractivity contribution in [2.24, 2.45) is 0 Å². The number of amides is 4. The molecule has 3 aromatic carbocycles. The van der Waals surface area contributed by atoms with Crippen molar-refractivity contribution in [1.82, 2.24) is 15.5 Å². The van der Waals surface area contributed by atoms with Crippen molar-refractivity contribution < 1.29 is 18.8 Å². The molecule has 0 aromatic heterocycles. The summed E-state index contributed by atoms with van der Waals surface area (Å²) < 4.78 is 13.0. The van der Waals surface area contributed by atoms with Gasteiger partial charge in [-0.3, -0.25) is 9.59 Å². The average Bonchev–Trinajstić information content (AvgIpc) is 3.33. The van der Waals surface area contributed by atoms with Gasteiger partial charge >= 0.3 is 6.03 Å². The number of urea groups is 1. The van der Waals surface area contributed by atoms with Gasteiger partial charge in [0.15, 0.2) is 0 Å². The molecule has 34 heavy (non-hydrogen) atoms. The number of hydrogen-bond donors (Lipinski definition) is 3. The summed E-state index contributed by atoms with van der Waals surface area (Å²) >= 11 is 0. The molecule has 0 radical (unpaired) electrons. The number of rotatable bonds is 6. The van der Waals surface area contributed by atoms with E-state index in [2.05, 4.69) is 16.0 Å². The van der Waals surface area contributed by atoms with Crippen LogP contribution in [0.4, 0.5) is 14.9 Å². The molecule has 1 fully saturated rings. The van der Waals surface area contributed by atoms with Crippen LogP contribution in [0.5, 0.6) is 0 Å². The first-order valence-corrected chi connectivity index (χ1v) is 11.0. The maximum Gasteiger partial charge on any atom is 0.319 e. The predicted molar refractivity (Wildman–Crippen MR) is 127 cm³/mol. The fourth-order valence-electron chi connectivity index (χ4n) is 3.88. The minimum absolute atomic E-state index is 0.237. The van der Waals surface area contributed by atoms with E-state index in [0.717, 1.165) is 0 Å². The van der Waals surface area contributed by atoms with Crippen LogP contribution in [0.2, 0.25) is 0 Å². The third-order valence-corrected chi connectivity index (χ3v) is 5.63. The first kappa shape index (κ1) is 23.0. The normalized spacial score (nSPS) is 15.9. The zero-order chi connectivity index (χ0) is 23.9. The number of benzene rings is 3. The summed E-state index contributed by atoms with van der Waals surface area (Å²) in [6.45, 7) is 0.769. The van der Waals surface area contributed by atoms with Gasteiger partial charge in [0, 0.05) is 30.4 Å². The average molecular weight is 461 g/mol. The molecule has 1 aliphatic rings. The standard InChI is InChI=1S/C26H25FN4O3/c27-20-11-13-21(14-12-20)28-26(34)29-22-15-16-31(17-22)25(33)23(18-7-3-1-4-8-18)30-24(32)19-9-5-2-6-10-19/h1-14,22-23H,15-17H2,(H,30,32)(H2,28,29,34). The fraction of sp³-hybridized carbons (Fsp3) is 0.192. The molecule has 0 bridgehead atoms. The number of halogens is 1. The molecule has 174 valence electrons. The Labute approximate surface area is 197 Å². The number of hydrogen-bond acceptors (Lipinski definition) is 3. The fourth-order valence-corrected chi connectivity index (χ4v) is 3.88.